The molecule has 3 rings (SSSR count). The molecular weight excluding hydrogens is 380 g/mol. The van der Waals surface area contributed by atoms with Crippen molar-refractivity contribution in [2.45, 2.75) is 54.2 Å². The Kier molecular flexibility index (Phi) is 6.33. The van der Waals surface area contributed by atoms with Crippen LogP contribution in [0.1, 0.15) is 50.7 Å². The van der Waals surface area contributed by atoms with E-state index in [-0.39, 0.29) is 0 Å². The molecule has 0 spiro atoms. The molecule has 29 heavy (non-hydrogen) atoms. The molecule has 0 unspecified atom stereocenters. The maximum Gasteiger partial charge on any atom is 0.517 e. The van der Waals surface area contributed by atoms with Crippen molar-refractivity contribution in [3.05, 3.63) is 90.0 Å². The van der Waals surface area contributed by atoms with Crippen molar-refractivity contribution in [2.75, 3.05) is 0 Å². The van der Waals surface area contributed by atoms with Crippen LogP contribution < -0.4 is 0 Å². The molecule has 0 radical (unpaired) electrons. The molecule has 3 aromatic rings. The first-order valence-corrected chi connectivity index (χ1v) is 11.4. The summed E-state index contributed by atoms with van der Waals surface area (Å²) in [5, 5.41) is 9.72. The van der Waals surface area contributed by atoms with Crippen LogP contribution in [0, 0.1) is 0 Å². The molecule has 0 aromatic heterocycles. The van der Waals surface area contributed by atoms with Gasteiger partial charge in [0.05, 0.1) is 0 Å². The lowest BCUT2D eigenvalue weighted by molar-refractivity contribution is 0.150. The van der Waals surface area contributed by atoms with Crippen LogP contribution in [-0.2, 0) is 4.18 Å². The van der Waals surface area contributed by atoms with Gasteiger partial charge in [0.15, 0.2) is 0 Å². The summed E-state index contributed by atoms with van der Waals surface area (Å²) in [5.74, 6) is 0.798. The second-order valence-corrected chi connectivity index (χ2v) is 10.4. The predicted molar refractivity (Wildman–Crippen MR) is 119 cm³/mol. The van der Waals surface area contributed by atoms with Gasteiger partial charge in [-0.1, -0.05) is 70.2 Å². The molecule has 0 saturated heterocycles. The topological polar surface area (TPSA) is 46.5 Å². The van der Waals surface area contributed by atoms with Crippen LogP contribution in [0.15, 0.2) is 93.5 Å². The van der Waals surface area contributed by atoms with E-state index in [0.717, 1.165) is 14.7 Å². The fourth-order valence-electron chi connectivity index (χ4n) is 3.36. The zero-order valence-corrected chi connectivity index (χ0v) is 18.1. The third-order valence-corrected chi connectivity index (χ3v) is 8.23. The van der Waals surface area contributed by atoms with E-state index in [4.69, 9.17) is 4.18 Å². The van der Waals surface area contributed by atoms with Gasteiger partial charge in [0.25, 0.3) is 0 Å². The van der Waals surface area contributed by atoms with E-state index in [9.17, 15) is 9.90 Å². The van der Waals surface area contributed by atoms with Gasteiger partial charge in [0.2, 0.25) is 0 Å². The van der Waals surface area contributed by atoms with Crippen molar-refractivity contribution in [3.63, 3.8) is 0 Å². The summed E-state index contributed by atoms with van der Waals surface area (Å²) in [6.07, 6.45) is -1.27. The average molecular weight is 409 g/mol. The van der Waals surface area contributed by atoms with Gasteiger partial charge in [-0.3, -0.25) is 0 Å². The molecule has 0 saturated carbocycles. The third kappa shape index (κ3) is 4.33. The Morgan fingerprint density at radius 2 is 1.07 bits per heavy atom. The zero-order valence-electron chi connectivity index (χ0n) is 17.3. The largest absolute Gasteiger partial charge is 0.517 e. The molecular formula is C25H28O3S. The summed E-state index contributed by atoms with van der Waals surface area (Å²) in [4.78, 5) is 14.5. The Bertz CT molecular complexity index is 894. The van der Waals surface area contributed by atoms with Gasteiger partial charge in [-0.2, -0.15) is 0 Å². The Hall–Kier alpha value is -2.72. The highest BCUT2D eigenvalue weighted by Gasteiger charge is 2.35. The highest BCUT2D eigenvalue weighted by atomic mass is 32.3. The van der Waals surface area contributed by atoms with Crippen LogP contribution in [0.25, 0.3) is 0 Å². The first-order chi connectivity index (χ1) is 13.8. The molecule has 0 aliphatic heterocycles. The summed E-state index contributed by atoms with van der Waals surface area (Å²) in [6.45, 7) is 8.57. The minimum atomic E-state index is -2.42. The monoisotopic (exact) mass is 408 g/mol. The smallest absolute Gasteiger partial charge is 0.449 e. The summed E-state index contributed by atoms with van der Waals surface area (Å²) in [6, 6.07) is 26.0. The zero-order chi connectivity index (χ0) is 21.0. The lowest BCUT2D eigenvalue weighted by Crippen LogP contribution is -2.12. The Morgan fingerprint density at radius 1 is 0.690 bits per heavy atom. The number of hydrogen-bond donors (Lipinski definition) is 1. The van der Waals surface area contributed by atoms with Crippen LogP contribution in [0.2, 0.25) is 0 Å². The van der Waals surface area contributed by atoms with Gasteiger partial charge in [-0.05, 0) is 69.7 Å². The quantitative estimate of drug-likeness (QED) is 0.452. The fourth-order valence-corrected chi connectivity index (χ4v) is 6.26. The minimum Gasteiger partial charge on any atom is -0.449 e. The molecule has 0 fully saturated rings. The first kappa shape index (κ1) is 21.0. The van der Waals surface area contributed by atoms with Gasteiger partial charge in [0.1, 0.15) is 0 Å². The predicted octanol–water partition coefficient (Wildman–Crippen LogP) is 7.82. The van der Waals surface area contributed by atoms with E-state index in [0.29, 0.717) is 11.8 Å². The van der Waals surface area contributed by atoms with E-state index in [1.807, 2.05) is 54.6 Å². The van der Waals surface area contributed by atoms with Crippen molar-refractivity contribution in [1.82, 2.24) is 0 Å². The molecule has 4 heteroatoms. The van der Waals surface area contributed by atoms with Crippen LogP contribution in [0.3, 0.4) is 0 Å². The minimum absolute atomic E-state index is 0.399. The lowest BCUT2D eigenvalue weighted by Gasteiger charge is -2.38. The number of benzene rings is 3. The van der Waals surface area contributed by atoms with Crippen molar-refractivity contribution in [1.29, 1.82) is 0 Å². The molecule has 0 amide bonds. The Balaban J connectivity index is 2.26. The standard InChI is InChI=1S/C25H28O3S/c1-18(2)20-10-14-23(15-11-20)29(28-25(26)27,22-8-6-5-7-9-22)24-16-12-21(13-17-24)19(3)4/h5-19H,1-4H3,(H,26,27). The van der Waals surface area contributed by atoms with E-state index in [1.54, 1.807) is 0 Å². The molecule has 0 aliphatic carbocycles. The lowest BCUT2D eigenvalue weighted by atomic mass is 10.0. The van der Waals surface area contributed by atoms with Crippen molar-refractivity contribution in [2.24, 2.45) is 0 Å². The first-order valence-electron chi connectivity index (χ1n) is 9.85. The second kappa shape index (κ2) is 8.75. The van der Waals surface area contributed by atoms with Crippen molar-refractivity contribution in [3.8, 4) is 0 Å². The van der Waals surface area contributed by atoms with E-state index in [1.165, 1.54) is 11.1 Å². The maximum absolute atomic E-state index is 11.9. The van der Waals surface area contributed by atoms with Gasteiger partial charge >= 0.3 is 6.16 Å². The summed E-state index contributed by atoms with van der Waals surface area (Å²) < 4.78 is 5.80. The van der Waals surface area contributed by atoms with Crippen molar-refractivity contribution >= 4 is 16.5 Å². The molecule has 0 heterocycles. The highest BCUT2D eigenvalue weighted by molar-refractivity contribution is 8.30. The normalized spacial score (nSPS) is 12.2. The number of carbonyl (C=O) groups is 1. The van der Waals surface area contributed by atoms with E-state index in [2.05, 4.69) is 52.0 Å². The molecule has 1 N–H and O–H groups in total. The Morgan fingerprint density at radius 3 is 1.41 bits per heavy atom. The van der Waals surface area contributed by atoms with Crippen LogP contribution >= 0.6 is 10.3 Å². The van der Waals surface area contributed by atoms with Crippen LogP contribution in [-0.4, -0.2) is 11.3 Å². The fraction of sp³-hybridized carbons (Fsp3) is 0.240. The Labute approximate surface area is 174 Å². The summed E-state index contributed by atoms with van der Waals surface area (Å²) >= 11 is 0. The molecule has 152 valence electrons. The summed E-state index contributed by atoms with van der Waals surface area (Å²) in [7, 11) is -2.42. The second-order valence-electron chi connectivity index (χ2n) is 7.67. The SMILES string of the molecule is CC(C)c1ccc(S(OC(=O)O)(c2ccccc2)c2ccc(C(C)C)cc2)cc1. The van der Waals surface area contributed by atoms with E-state index < -0.39 is 16.5 Å². The summed E-state index contributed by atoms with van der Waals surface area (Å²) in [5.41, 5.74) is 2.42. The number of rotatable bonds is 6. The highest BCUT2D eigenvalue weighted by Crippen LogP contribution is 2.69. The molecule has 3 aromatic carbocycles. The van der Waals surface area contributed by atoms with Gasteiger partial charge < -0.3 is 9.29 Å². The maximum atomic E-state index is 11.9. The molecule has 0 atom stereocenters. The van der Waals surface area contributed by atoms with Gasteiger partial charge in [-0.15, -0.1) is 0 Å². The van der Waals surface area contributed by atoms with Gasteiger partial charge in [-0.25, -0.2) is 4.79 Å². The molecule has 0 bridgehead atoms. The number of carboxylic acid groups (broad SMARTS) is 1. The van der Waals surface area contributed by atoms with Gasteiger partial charge in [0, 0.05) is 14.7 Å². The van der Waals surface area contributed by atoms with Crippen LogP contribution in [0.4, 0.5) is 4.79 Å². The number of hydrogen-bond acceptors (Lipinski definition) is 2. The molecule has 0 aliphatic rings. The molecule has 3 nitrogen and oxygen atoms in total. The third-order valence-electron chi connectivity index (χ3n) is 5.03. The van der Waals surface area contributed by atoms with Crippen LogP contribution in [0.5, 0.6) is 0 Å². The van der Waals surface area contributed by atoms with Crippen molar-refractivity contribution < 1.29 is 14.1 Å². The van der Waals surface area contributed by atoms with E-state index >= 15 is 0 Å². The average Bonchev–Trinajstić information content (AvgIpc) is 2.72.